The molecule has 3 heterocycles. The first-order valence-electron chi connectivity index (χ1n) is 15.9. The second-order valence-electron chi connectivity index (χ2n) is 12.4. The van der Waals surface area contributed by atoms with Gasteiger partial charge in [0.1, 0.15) is 6.04 Å². The molecule has 232 valence electrons. The molecule has 2 saturated heterocycles. The maximum atomic E-state index is 13.6. The summed E-state index contributed by atoms with van der Waals surface area (Å²) in [6.07, 6.45) is 5.16. The Morgan fingerprint density at radius 1 is 0.977 bits per heavy atom. The third-order valence-electron chi connectivity index (χ3n) is 9.30. The van der Waals surface area contributed by atoms with Crippen LogP contribution in [0.3, 0.4) is 0 Å². The molecule has 0 spiro atoms. The Labute approximate surface area is 255 Å². The summed E-state index contributed by atoms with van der Waals surface area (Å²) < 4.78 is 5.05. The standard InChI is InChI=1S/C33H46N6O4/c1-5-43-32(42)23(4)36-33-34-21(2)29(22(3)35-33)31(41)39-19-26-17-38(18-27(26)20-39)16-15-28(24-11-7-6-8-12-24)37-30(40)25-13-9-10-14-25/h6-8,11-12,23,25-28H,5,9-10,13-20H2,1-4H3,(H,37,40)(H,34,35,36)/t23-,26?,27?,28-/m0/s1. The number of hydrogen-bond acceptors (Lipinski definition) is 8. The Morgan fingerprint density at radius 3 is 2.21 bits per heavy atom. The lowest BCUT2D eigenvalue weighted by Crippen LogP contribution is -2.37. The lowest BCUT2D eigenvalue weighted by molar-refractivity contribution is -0.143. The molecule has 43 heavy (non-hydrogen) atoms. The van der Waals surface area contributed by atoms with Gasteiger partial charge in [-0.2, -0.15) is 0 Å². The second-order valence-corrected chi connectivity index (χ2v) is 12.4. The average molecular weight is 591 g/mol. The first-order valence-corrected chi connectivity index (χ1v) is 15.9. The number of carbonyl (C=O) groups is 3. The maximum absolute atomic E-state index is 13.6. The molecular weight excluding hydrogens is 544 g/mol. The molecule has 1 aliphatic carbocycles. The molecule has 0 radical (unpaired) electrons. The lowest BCUT2D eigenvalue weighted by atomic mass is 10.0. The first kappa shape index (κ1) is 30.9. The van der Waals surface area contributed by atoms with Gasteiger partial charge in [0.2, 0.25) is 11.9 Å². The Hall–Kier alpha value is -3.53. The van der Waals surface area contributed by atoms with Crippen molar-refractivity contribution in [2.75, 3.05) is 44.6 Å². The van der Waals surface area contributed by atoms with E-state index in [9.17, 15) is 14.4 Å². The Kier molecular flexibility index (Phi) is 9.95. The Bertz CT molecular complexity index is 1260. The summed E-state index contributed by atoms with van der Waals surface area (Å²) in [6.45, 7) is 11.7. The Balaban J connectivity index is 1.15. The number of esters is 1. The monoisotopic (exact) mass is 590 g/mol. The highest BCUT2D eigenvalue weighted by atomic mass is 16.5. The molecule has 3 aliphatic rings. The molecule has 2 N–H and O–H groups in total. The van der Waals surface area contributed by atoms with Crippen LogP contribution in [0, 0.1) is 31.6 Å². The number of aryl methyl sites for hydroxylation is 2. The van der Waals surface area contributed by atoms with Crippen LogP contribution in [0.5, 0.6) is 0 Å². The van der Waals surface area contributed by atoms with Crippen molar-refractivity contribution in [2.45, 2.75) is 71.9 Å². The molecule has 2 unspecified atom stereocenters. The van der Waals surface area contributed by atoms with E-state index < -0.39 is 6.04 Å². The van der Waals surface area contributed by atoms with Crippen LogP contribution in [0.15, 0.2) is 30.3 Å². The third-order valence-corrected chi connectivity index (χ3v) is 9.30. The number of hydrogen-bond donors (Lipinski definition) is 2. The number of ether oxygens (including phenoxy) is 1. The maximum Gasteiger partial charge on any atom is 0.328 e. The zero-order valence-electron chi connectivity index (χ0n) is 26.0. The molecule has 2 aromatic rings. The van der Waals surface area contributed by atoms with Crippen molar-refractivity contribution < 1.29 is 19.1 Å². The SMILES string of the molecule is CCOC(=O)[C@H](C)Nc1nc(C)c(C(=O)N2CC3CN(CC[C@H](NC(=O)C4CCCC4)c4ccccc4)CC3C2)c(C)n1. The number of benzene rings is 1. The predicted octanol–water partition coefficient (Wildman–Crippen LogP) is 3.90. The van der Waals surface area contributed by atoms with E-state index in [1.807, 2.05) is 36.9 Å². The summed E-state index contributed by atoms with van der Waals surface area (Å²) in [5.74, 6) is 1.13. The lowest BCUT2D eigenvalue weighted by Gasteiger charge is -2.26. The summed E-state index contributed by atoms with van der Waals surface area (Å²) in [7, 11) is 0. The van der Waals surface area contributed by atoms with Crippen molar-refractivity contribution in [3.63, 3.8) is 0 Å². The van der Waals surface area contributed by atoms with E-state index in [1.54, 1.807) is 13.8 Å². The fraction of sp³-hybridized carbons (Fsp3) is 0.606. The normalized spacial score (nSPS) is 21.8. The van der Waals surface area contributed by atoms with Crippen LogP contribution < -0.4 is 10.6 Å². The van der Waals surface area contributed by atoms with E-state index in [2.05, 4.69) is 37.6 Å². The van der Waals surface area contributed by atoms with E-state index in [4.69, 9.17) is 4.74 Å². The topological polar surface area (TPSA) is 117 Å². The molecule has 2 amide bonds. The molecule has 1 aromatic carbocycles. The quantitative estimate of drug-likeness (QED) is 0.379. The summed E-state index contributed by atoms with van der Waals surface area (Å²) in [5.41, 5.74) is 2.90. The van der Waals surface area contributed by atoms with Crippen molar-refractivity contribution in [3.8, 4) is 0 Å². The van der Waals surface area contributed by atoms with Gasteiger partial charge in [-0.05, 0) is 64.4 Å². The van der Waals surface area contributed by atoms with E-state index in [0.717, 1.165) is 70.4 Å². The van der Waals surface area contributed by atoms with E-state index in [-0.39, 0.29) is 29.7 Å². The van der Waals surface area contributed by atoms with Crippen molar-refractivity contribution >= 4 is 23.7 Å². The number of aromatic nitrogens is 2. The van der Waals surface area contributed by atoms with Gasteiger partial charge >= 0.3 is 5.97 Å². The fourth-order valence-corrected chi connectivity index (χ4v) is 7.00. The number of likely N-dealkylation sites (tertiary alicyclic amines) is 2. The largest absolute Gasteiger partial charge is 0.464 e. The van der Waals surface area contributed by atoms with Gasteiger partial charge in [0, 0.05) is 38.6 Å². The van der Waals surface area contributed by atoms with E-state index >= 15 is 0 Å². The van der Waals surface area contributed by atoms with Crippen molar-refractivity contribution in [2.24, 2.45) is 17.8 Å². The molecule has 2 aliphatic heterocycles. The van der Waals surface area contributed by atoms with Crippen molar-refractivity contribution in [3.05, 3.63) is 52.8 Å². The number of nitrogens with zero attached hydrogens (tertiary/aromatic N) is 4. The smallest absolute Gasteiger partial charge is 0.328 e. The van der Waals surface area contributed by atoms with E-state index in [0.29, 0.717) is 41.3 Å². The highest BCUT2D eigenvalue weighted by Gasteiger charge is 2.42. The molecule has 1 aromatic heterocycles. The summed E-state index contributed by atoms with van der Waals surface area (Å²) in [5, 5.41) is 6.35. The van der Waals surface area contributed by atoms with Gasteiger partial charge in [0.05, 0.1) is 29.6 Å². The summed E-state index contributed by atoms with van der Waals surface area (Å²) in [6, 6.07) is 9.74. The van der Waals surface area contributed by atoms with Crippen LogP contribution in [0.25, 0.3) is 0 Å². The highest BCUT2D eigenvalue weighted by molar-refractivity contribution is 5.96. The van der Waals surface area contributed by atoms with Crippen LogP contribution in [0.1, 0.15) is 79.3 Å². The number of amides is 2. The number of nitrogens with one attached hydrogen (secondary N) is 2. The molecule has 10 heteroatoms. The molecule has 3 fully saturated rings. The molecule has 4 atom stereocenters. The minimum absolute atomic E-state index is 0.0107. The minimum Gasteiger partial charge on any atom is -0.464 e. The van der Waals surface area contributed by atoms with Crippen LogP contribution in [-0.2, 0) is 14.3 Å². The average Bonchev–Trinajstić information content (AvgIpc) is 3.73. The van der Waals surface area contributed by atoms with Gasteiger partial charge in [-0.3, -0.25) is 9.59 Å². The van der Waals surface area contributed by atoms with Gasteiger partial charge in [0.25, 0.3) is 5.91 Å². The van der Waals surface area contributed by atoms with Crippen LogP contribution >= 0.6 is 0 Å². The molecule has 10 nitrogen and oxygen atoms in total. The fourth-order valence-electron chi connectivity index (χ4n) is 7.00. The highest BCUT2D eigenvalue weighted by Crippen LogP contribution is 2.33. The van der Waals surface area contributed by atoms with E-state index in [1.165, 1.54) is 0 Å². The predicted molar refractivity (Wildman–Crippen MR) is 164 cm³/mol. The number of fused-ring (bicyclic) bond motifs is 1. The van der Waals surface area contributed by atoms with Crippen LogP contribution in [0.4, 0.5) is 5.95 Å². The Morgan fingerprint density at radius 2 is 1.60 bits per heavy atom. The first-order chi connectivity index (χ1) is 20.7. The number of carbonyl (C=O) groups excluding carboxylic acids is 3. The zero-order chi connectivity index (χ0) is 30.5. The minimum atomic E-state index is -0.590. The number of rotatable bonds is 11. The van der Waals surface area contributed by atoms with Gasteiger partial charge in [0.15, 0.2) is 0 Å². The molecule has 1 saturated carbocycles. The summed E-state index contributed by atoms with van der Waals surface area (Å²) in [4.78, 5) is 52.0. The number of anilines is 1. The van der Waals surface area contributed by atoms with Gasteiger partial charge in [-0.25, -0.2) is 14.8 Å². The third kappa shape index (κ3) is 7.34. The zero-order valence-corrected chi connectivity index (χ0v) is 26.0. The van der Waals surface area contributed by atoms with Crippen molar-refractivity contribution in [1.29, 1.82) is 0 Å². The van der Waals surface area contributed by atoms with Gasteiger partial charge in [-0.15, -0.1) is 0 Å². The molecule has 0 bridgehead atoms. The molecule has 5 rings (SSSR count). The second kappa shape index (κ2) is 13.8. The molecular formula is C33H46N6O4. The summed E-state index contributed by atoms with van der Waals surface area (Å²) >= 11 is 0. The van der Waals surface area contributed by atoms with Crippen molar-refractivity contribution in [1.82, 2.24) is 25.1 Å². The van der Waals surface area contributed by atoms with Gasteiger partial charge < -0.3 is 25.2 Å². The van der Waals surface area contributed by atoms with Crippen LogP contribution in [-0.4, -0.2) is 82.9 Å². The van der Waals surface area contributed by atoms with Crippen LogP contribution in [0.2, 0.25) is 0 Å². The van der Waals surface area contributed by atoms with Gasteiger partial charge in [-0.1, -0.05) is 43.2 Å².